The molecule has 1 aromatic heterocycles. The minimum atomic E-state index is -3.76. The Hall–Kier alpha value is -3.20. The molecule has 0 unspecified atom stereocenters. The second kappa shape index (κ2) is 8.22. The fraction of sp³-hybridized carbons (Fsp3) is 0.158. The number of carbonyl (C=O) groups is 1. The van der Waals surface area contributed by atoms with Crippen LogP contribution in [0.2, 0.25) is 0 Å². The number of hydrogen-bond acceptors (Lipinski definition) is 4. The Bertz CT molecular complexity index is 1070. The number of nitrogens with one attached hydrogen (secondary N) is 1. The van der Waals surface area contributed by atoms with Crippen LogP contribution < -0.4 is 9.62 Å². The molecule has 28 heavy (non-hydrogen) atoms. The first-order chi connectivity index (χ1) is 13.3. The molecule has 0 saturated heterocycles. The van der Waals surface area contributed by atoms with Gasteiger partial charge in [0.1, 0.15) is 12.4 Å². The van der Waals surface area contributed by atoms with Gasteiger partial charge in [0.05, 0.1) is 24.0 Å². The molecule has 2 aromatic carbocycles. The molecule has 3 rings (SSSR count). The maximum atomic E-state index is 13.5. The third kappa shape index (κ3) is 4.74. The minimum Gasteiger partial charge on any atom is -0.350 e. The highest BCUT2D eigenvalue weighted by Gasteiger charge is 2.21. The molecular formula is C19H19FN4O3S. The molecule has 0 aliphatic rings. The molecule has 1 heterocycles. The summed E-state index contributed by atoms with van der Waals surface area (Å²) >= 11 is 0. The van der Waals surface area contributed by atoms with Gasteiger partial charge in [-0.1, -0.05) is 24.3 Å². The van der Waals surface area contributed by atoms with Crippen molar-refractivity contribution in [3.05, 3.63) is 78.6 Å². The Morgan fingerprint density at radius 3 is 2.68 bits per heavy atom. The predicted molar refractivity (Wildman–Crippen MR) is 104 cm³/mol. The SMILES string of the molecule is CS(=O)(=O)N(CC(=O)NCc1ccccc1-n1ccnc1)c1cccc(F)c1. The van der Waals surface area contributed by atoms with Crippen molar-refractivity contribution in [1.29, 1.82) is 0 Å². The standard InChI is InChI=1S/C19H19FN4O3S/c1-28(26,27)24(17-7-4-6-16(20)11-17)13-19(25)22-12-15-5-2-3-8-18(15)23-10-9-21-14-23/h2-11,14H,12-13H2,1H3,(H,22,25). The van der Waals surface area contributed by atoms with Gasteiger partial charge in [0, 0.05) is 18.9 Å². The maximum Gasteiger partial charge on any atom is 0.241 e. The smallest absolute Gasteiger partial charge is 0.241 e. The Morgan fingerprint density at radius 1 is 1.21 bits per heavy atom. The summed E-state index contributed by atoms with van der Waals surface area (Å²) in [6, 6.07) is 12.6. The summed E-state index contributed by atoms with van der Waals surface area (Å²) in [5.74, 6) is -1.09. The first-order valence-corrected chi connectivity index (χ1v) is 10.3. The molecule has 0 spiro atoms. The molecule has 0 aliphatic heterocycles. The molecule has 0 atom stereocenters. The highest BCUT2D eigenvalue weighted by atomic mass is 32.2. The molecule has 0 fully saturated rings. The third-order valence-electron chi connectivity index (χ3n) is 4.03. The lowest BCUT2D eigenvalue weighted by molar-refractivity contribution is -0.119. The maximum absolute atomic E-state index is 13.5. The molecule has 1 N–H and O–H groups in total. The number of sulfonamides is 1. The van der Waals surface area contributed by atoms with E-state index in [1.54, 1.807) is 18.7 Å². The van der Waals surface area contributed by atoms with E-state index >= 15 is 0 Å². The van der Waals surface area contributed by atoms with Crippen LogP contribution in [0.25, 0.3) is 5.69 Å². The van der Waals surface area contributed by atoms with Crippen LogP contribution in [0.1, 0.15) is 5.56 Å². The zero-order valence-corrected chi connectivity index (χ0v) is 15.9. The first kappa shape index (κ1) is 19.6. The van der Waals surface area contributed by atoms with Gasteiger partial charge in [0.25, 0.3) is 0 Å². The fourth-order valence-corrected chi connectivity index (χ4v) is 3.57. The van der Waals surface area contributed by atoms with Crippen molar-refractivity contribution in [1.82, 2.24) is 14.9 Å². The lowest BCUT2D eigenvalue weighted by Gasteiger charge is -2.22. The van der Waals surface area contributed by atoms with Gasteiger partial charge < -0.3 is 9.88 Å². The van der Waals surface area contributed by atoms with Crippen LogP contribution in [-0.4, -0.2) is 36.7 Å². The van der Waals surface area contributed by atoms with E-state index in [4.69, 9.17) is 0 Å². The molecule has 7 nitrogen and oxygen atoms in total. The van der Waals surface area contributed by atoms with Crippen molar-refractivity contribution in [2.45, 2.75) is 6.54 Å². The molecule has 146 valence electrons. The van der Waals surface area contributed by atoms with E-state index in [1.807, 2.05) is 28.8 Å². The van der Waals surface area contributed by atoms with Gasteiger partial charge in [0.2, 0.25) is 15.9 Å². The predicted octanol–water partition coefficient (Wildman–Crippen LogP) is 2.09. The average Bonchev–Trinajstić information content (AvgIpc) is 3.18. The van der Waals surface area contributed by atoms with Crippen molar-refractivity contribution in [2.75, 3.05) is 17.1 Å². The van der Waals surface area contributed by atoms with E-state index < -0.39 is 28.3 Å². The summed E-state index contributed by atoms with van der Waals surface area (Å²) in [5.41, 5.74) is 1.78. The Kier molecular flexibility index (Phi) is 5.74. The molecular weight excluding hydrogens is 383 g/mol. The largest absolute Gasteiger partial charge is 0.350 e. The van der Waals surface area contributed by atoms with Crippen molar-refractivity contribution in [3.63, 3.8) is 0 Å². The number of aromatic nitrogens is 2. The molecule has 3 aromatic rings. The quantitative estimate of drug-likeness (QED) is 0.656. The van der Waals surface area contributed by atoms with E-state index in [1.165, 1.54) is 18.2 Å². The van der Waals surface area contributed by atoms with Gasteiger partial charge in [-0.3, -0.25) is 9.10 Å². The lowest BCUT2D eigenvalue weighted by atomic mass is 10.1. The van der Waals surface area contributed by atoms with Crippen molar-refractivity contribution >= 4 is 21.6 Å². The zero-order chi connectivity index (χ0) is 20.1. The molecule has 0 bridgehead atoms. The lowest BCUT2D eigenvalue weighted by Crippen LogP contribution is -2.40. The second-order valence-corrected chi connectivity index (χ2v) is 8.03. The summed E-state index contributed by atoms with van der Waals surface area (Å²) in [5, 5.41) is 2.72. The van der Waals surface area contributed by atoms with Gasteiger partial charge in [-0.2, -0.15) is 0 Å². The number of imidazole rings is 1. The van der Waals surface area contributed by atoms with Crippen LogP contribution in [0.3, 0.4) is 0 Å². The molecule has 1 amide bonds. The van der Waals surface area contributed by atoms with Crippen LogP contribution in [0.4, 0.5) is 10.1 Å². The van der Waals surface area contributed by atoms with E-state index in [-0.39, 0.29) is 12.2 Å². The Labute approximate surface area is 162 Å². The van der Waals surface area contributed by atoms with Crippen molar-refractivity contribution < 1.29 is 17.6 Å². The highest BCUT2D eigenvalue weighted by molar-refractivity contribution is 7.92. The molecule has 9 heteroatoms. The number of amides is 1. The van der Waals surface area contributed by atoms with Gasteiger partial charge in [-0.15, -0.1) is 0 Å². The summed E-state index contributed by atoms with van der Waals surface area (Å²) in [6.07, 6.45) is 6.06. The van der Waals surface area contributed by atoms with Gasteiger partial charge in [-0.25, -0.2) is 17.8 Å². The molecule has 0 saturated carbocycles. The van der Waals surface area contributed by atoms with Crippen LogP contribution in [0.15, 0.2) is 67.3 Å². The zero-order valence-electron chi connectivity index (χ0n) is 15.1. The number of carbonyl (C=O) groups excluding carboxylic acids is 1. The fourth-order valence-electron chi connectivity index (χ4n) is 2.73. The van der Waals surface area contributed by atoms with E-state index in [2.05, 4.69) is 10.3 Å². The van der Waals surface area contributed by atoms with Crippen LogP contribution in [-0.2, 0) is 21.4 Å². The van der Waals surface area contributed by atoms with Crippen LogP contribution in [0, 0.1) is 5.82 Å². The van der Waals surface area contributed by atoms with Gasteiger partial charge in [-0.05, 0) is 29.8 Å². The molecule has 0 radical (unpaired) electrons. The second-order valence-electron chi connectivity index (χ2n) is 6.12. The molecule has 0 aliphatic carbocycles. The first-order valence-electron chi connectivity index (χ1n) is 8.41. The Balaban J connectivity index is 1.73. The number of anilines is 1. The van der Waals surface area contributed by atoms with Crippen LogP contribution in [0.5, 0.6) is 0 Å². The number of benzene rings is 2. The van der Waals surface area contributed by atoms with E-state index in [0.29, 0.717) is 0 Å². The van der Waals surface area contributed by atoms with Crippen molar-refractivity contribution in [2.24, 2.45) is 0 Å². The average molecular weight is 402 g/mol. The normalized spacial score (nSPS) is 11.2. The monoisotopic (exact) mass is 402 g/mol. The summed E-state index contributed by atoms with van der Waals surface area (Å²) in [4.78, 5) is 16.4. The third-order valence-corrected chi connectivity index (χ3v) is 5.17. The van der Waals surface area contributed by atoms with E-state index in [9.17, 15) is 17.6 Å². The van der Waals surface area contributed by atoms with Gasteiger partial charge >= 0.3 is 0 Å². The number of halogens is 1. The number of hydrogen-bond donors (Lipinski definition) is 1. The highest BCUT2D eigenvalue weighted by Crippen LogP contribution is 2.18. The number of para-hydroxylation sites is 1. The van der Waals surface area contributed by atoms with Crippen molar-refractivity contribution in [3.8, 4) is 5.69 Å². The summed E-state index contributed by atoms with van der Waals surface area (Å²) in [6.45, 7) is -0.247. The van der Waals surface area contributed by atoms with E-state index in [0.717, 1.165) is 27.9 Å². The topological polar surface area (TPSA) is 84.3 Å². The number of nitrogens with zero attached hydrogens (tertiary/aromatic N) is 3. The Morgan fingerprint density at radius 2 is 2.00 bits per heavy atom. The summed E-state index contributed by atoms with van der Waals surface area (Å²) in [7, 11) is -3.76. The van der Waals surface area contributed by atoms with Gasteiger partial charge in [0.15, 0.2) is 0 Å². The minimum absolute atomic E-state index is 0.0939. The summed E-state index contributed by atoms with van der Waals surface area (Å²) < 4.78 is 40.3. The number of rotatable bonds is 7. The van der Waals surface area contributed by atoms with Crippen LogP contribution >= 0.6 is 0 Å².